The van der Waals surface area contributed by atoms with E-state index in [0.29, 0.717) is 0 Å². The van der Waals surface area contributed by atoms with E-state index in [4.69, 9.17) is 0 Å². The molecule has 1 fully saturated rings. The van der Waals surface area contributed by atoms with Crippen molar-refractivity contribution < 1.29 is 19.9 Å². The van der Waals surface area contributed by atoms with E-state index in [0.717, 1.165) is 0 Å². The van der Waals surface area contributed by atoms with Gasteiger partial charge in [-0.1, -0.05) is 0 Å². The van der Waals surface area contributed by atoms with Gasteiger partial charge < -0.3 is 0 Å². The molecule has 0 unspecified atom stereocenters. The second-order valence-corrected chi connectivity index (χ2v) is 3.06. The van der Waals surface area contributed by atoms with Crippen molar-refractivity contribution in [2.45, 2.75) is 0 Å². The average Bonchev–Trinajstić information content (AvgIpc) is 1.27. The maximum Gasteiger partial charge on any atom is 0.429 e. The zero-order chi connectivity index (χ0) is 5.49. The predicted octanol–water partition coefficient (Wildman–Crippen LogP) is -1.52. The topological polar surface area (TPSA) is 69.7 Å². The van der Waals surface area contributed by atoms with Gasteiger partial charge in [0.1, 0.15) is 0 Å². The van der Waals surface area contributed by atoms with Crippen molar-refractivity contribution in [2.24, 2.45) is 0 Å². The fraction of sp³-hybridized carbons (Fsp3) is 0. The monoisotopic (exact) mass is 167 g/mol. The smallest absolute Gasteiger partial charge is 0.195 e. The summed E-state index contributed by atoms with van der Waals surface area (Å²) in [5, 5.41) is 0. The summed E-state index contributed by atoms with van der Waals surface area (Å²) >= 11 is -2.05. The molecule has 43 valence electrons. The van der Waals surface area contributed by atoms with Crippen LogP contribution in [0.1, 0.15) is 0 Å². The SMILES string of the molecule is O=S1OS(=O)(=O)O1.[Na]. The van der Waals surface area contributed by atoms with Crippen LogP contribution in [0.4, 0.5) is 0 Å². The van der Waals surface area contributed by atoms with Crippen LogP contribution in [0.3, 0.4) is 0 Å². The predicted molar refractivity (Wildman–Crippen MR) is 25.0 cm³/mol. The Labute approximate surface area is 70.8 Å². The average molecular weight is 167 g/mol. The van der Waals surface area contributed by atoms with E-state index >= 15 is 0 Å². The van der Waals surface area contributed by atoms with Gasteiger partial charge in [-0.05, 0) is 0 Å². The van der Waals surface area contributed by atoms with Crippen LogP contribution in [-0.2, 0) is 29.0 Å². The van der Waals surface area contributed by atoms with Crippen molar-refractivity contribution in [3.05, 3.63) is 0 Å². The molecule has 8 heteroatoms. The fourth-order valence-corrected chi connectivity index (χ4v) is 1.27. The summed E-state index contributed by atoms with van der Waals surface area (Å²) in [6.45, 7) is 0. The fourth-order valence-electron chi connectivity index (χ4n) is 0.141. The normalized spacial score (nSPS) is 25.5. The van der Waals surface area contributed by atoms with Gasteiger partial charge in [0.25, 0.3) is 0 Å². The van der Waals surface area contributed by atoms with Gasteiger partial charge in [-0.15, -0.1) is 7.26 Å². The maximum atomic E-state index is 9.66. The summed E-state index contributed by atoms with van der Waals surface area (Å²) in [7, 11) is -3.83. The molecular weight excluding hydrogens is 167 g/mol. The molecule has 0 N–H and O–H groups in total. The summed E-state index contributed by atoms with van der Waals surface area (Å²) in [5.74, 6) is 0. The third kappa shape index (κ3) is 2.09. The molecule has 1 rings (SSSR count). The van der Waals surface area contributed by atoms with E-state index in [2.05, 4.69) is 7.26 Å². The van der Waals surface area contributed by atoms with Crippen molar-refractivity contribution in [1.29, 1.82) is 0 Å². The Hall–Kier alpha value is 1.02. The van der Waals surface area contributed by atoms with Gasteiger partial charge in [0.05, 0.1) is 0 Å². The van der Waals surface area contributed by atoms with E-state index in [1.807, 2.05) is 0 Å². The Morgan fingerprint density at radius 1 is 1.25 bits per heavy atom. The molecule has 1 aliphatic rings. The maximum absolute atomic E-state index is 9.66. The Kier molecular flexibility index (Phi) is 3.08. The van der Waals surface area contributed by atoms with Crippen LogP contribution in [-0.4, -0.2) is 42.2 Å². The number of hydrogen-bond donors (Lipinski definition) is 0. The van der Waals surface area contributed by atoms with E-state index in [-0.39, 0.29) is 29.6 Å². The molecule has 0 aromatic carbocycles. The first-order chi connectivity index (χ1) is 3.10. The van der Waals surface area contributed by atoms with Crippen LogP contribution in [0.2, 0.25) is 0 Å². The van der Waals surface area contributed by atoms with Gasteiger partial charge in [-0.25, -0.2) is 0 Å². The minimum absolute atomic E-state index is 0. The van der Waals surface area contributed by atoms with E-state index in [1.54, 1.807) is 0 Å². The molecule has 0 aliphatic carbocycles. The quantitative estimate of drug-likeness (QED) is 0.409. The molecule has 0 saturated carbocycles. The Bertz CT molecular complexity index is 174. The van der Waals surface area contributed by atoms with Gasteiger partial charge in [0.15, 0.2) is 0 Å². The van der Waals surface area contributed by atoms with E-state index < -0.39 is 21.8 Å². The molecule has 0 amide bonds. The third-order valence-corrected chi connectivity index (χ3v) is 2.50. The molecule has 0 aromatic heterocycles. The summed E-state index contributed by atoms with van der Waals surface area (Å²) in [4.78, 5) is 0. The van der Waals surface area contributed by atoms with Crippen LogP contribution in [0.5, 0.6) is 0 Å². The minimum atomic E-state index is -3.83. The van der Waals surface area contributed by atoms with Gasteiger partial charge in [-0.3, -0.25) is 0 Å². The molecule has 0 aromatic rings. The van der Waals surface area contributed by atoms with Crippen molar-refractivity contribution in [3.63, 3.8) is 0 Å². The second-order valence-electron chi connectivity index (χ2n) is 0.748. The summed E-state index contributed by atoms with van der Waals surface area (Å²) in [6.07, 6.45) is 0. The molecule has 1 aliphatic heterocycles. The van der Waals surface area contributed by atoms with Crippen LogP contribution in [0.15, 0.2) is 0 Å². The first kappa shape index (κ1) is 9.02. The number of rotatable bonds is 0. The number of hydrogen-bond acceptors (Lipinski definition) is 5. The summed E-state index contributed by atoms with van der Waals surface area (Å²) in [6, 6.07) is 0. The van der Waals surface area contributed by atoms with E-state index in [1.165, 1.54) is 0 Å². The van der Waals surface area contributed by atoms with Gasteiger partial charge >= 0.3 is 21.8 Å². The zero-order valence-corrected chi connectivity index (χ0v) is 7.49. The summed E-state index contributed by atoms with van der Waals surface area (Å²) < 4.78 is 36.0. The third-order valence-electron chi connectivity index (χ3n) is 0.278. The molecule has 8 heavy (non-hydrogen) atoms. The van der Waals surface area contributed by atoms with Crippen LogP contribution < -0.4 is 0 Å². The molecule has 1 heterocycles. The van der Waals surface area contributed by atoms with Gasteiger partial charge in [0.2, 0.25) is 0 Å². The Balaban J connectivity index is 0.000000490. The van der Waals surface area contributed by atoms with Crippen molar-refractivity contribution in [1.82, 2.24) is 0 Å². The molecule has 0 bridgehead atoms. The van der Waals surface area contributed by atoms with Crippen LogP contribution in [0, 0.1) is 0 Å². The molecule has 0 atom stereocenters. The van der Waals surface area contributed by atoms with Crippen LogP contribution in [0.25, 0.3) is 0 Å². The van der Waals surface area contributed by atoms with E-state index in [9.17, 15) is 12.6 Å². The van der Waals surface area contributed by atoms with Crippen molar-refractivity contribution in [3.8, 4) is 0 Å². The molecule has 1 saturated heterocycles. The Morgan fingerprint density at radius 2 is 1.62 bits per heavy atom. The first-order valence-electron chi connectivity index (χ1n) is 1.17. The standard InChI is InChI=1S/Na.O5S2/c;1-6-4-7(2,3)5-6. The second kappa shape index (κ2) is 2.74. The Morgan fingerprint density at radius 3 is 1.62 bits per heavy atom. The van der Waals surface area contributed by atoms with Crippen molar-refractivity contribution >= 4 is 51.3 Å². The molecular formula is NaO5S2. The molecule has 0 spiro atoms. The van der Waals surface area contributed by atoms with Crippen LogP contribution >= 0.6 is 0 Å². The first-order valence-corrected chi connectivity index (χ1v) is 3.50. The molecule has 5 nitrogen and oxygen atoms in total. The zero-order valence-electron chi connectivity index (χ0n) is 3.86. The minimum Gasteiger partial charge on any atom is -0.195 e. The van der Waals surface area contributed by atoms with Gasteiger partial charge in [0, 0.05) is 29.6 Å². The van der Waals surface area contributed by atoms with Crippen molar-refractivity contribution in [2.75, 3.05) is 0 Å². The largest absolute Gasteiger partial charge is 0.429 e. The van der Waals surface area contributed by atoms with Gasteiger partial charge in [-0.2, -0.15) is 12.6 Å². The molecule has 1 radical (unpaired) electrons. The summed E-state index contributed by atoms with van der Waals surface area (Å²) in [5.41, 5.74) is 0.